The van der Waals surface area contributed by atoms with Crippen LogP contribution in [0.15, 0.2) is 0 Å². The number of hydrogen-bond acceptors (Lipinski definition) is 4. The van der Waals surface area contributed by atoms with Crippen LogP contribution in [0.25, 0.3) is 0 Å². The minimum absolute atomic E-state index is 0.0592. The molecule has 2 aliphatic rings. The molecule has 0 aromatic carbocycles. The third-order valence-electron chi connectivity index (χ3n) is 2.88. The molecular weight excluding hydrogens is 232 g/mol. The predicted molar refractivity (Wildman–Crippen MR) is 56.8 cm³/mol. The zero-order valence-corrected chi connectivity index (χ0v) is 10.00. The van der Waals surface area contributed by atoms with Crippen LogP contribution in [0.4, 0.5) is 0 Å². The largest absolute Gasteiger partial charge is 0.468 e. The Morgan fingerprint density at radius 1 is 1.38 bits per heavy atom. The minimum Gasteiger partial charge on any atom is -0.468 e. The topological polar surface area (TPSA) is 75.7 Å². The Kier molecular flexibility index (Phi) is 3.18. The van der Waals surface area contributed by atoms with E-state index in [0.29, 0.717) is 19.4 Å². The lowest BCUT2D eigenvalue weighted by atomic mass is 10.2. The van der Waals surface area contributed by atoms with E-state index in [1.165, 1.54) is 11.4 Å². The van der Waals surface area contributed by atoms with Crippen molar-refractivity contribution >= 4 is 16.2 Å². The van der Waals surface area contributed by atoms with Gasteiger partial charge in [0.2, 0.25) is 0 Å². The maximum absolute atomic E-state index is 11.9. The zero-order valence-electron chi connectivity index (χ0n) is 9.18. The van der Waals surface area contributed by atoms with Crippen molar-refractivity contribution in [2.45, 2.75) is 37.8 Å². The molecule has 1 atom stereocenters. The van der Waals surface area contributed by atoms with Gasteiger partial charge in [-0.2, -0.15) is 17.4 Å². The van der Waals surface area contributed by atoms with Crippen LogP contribution in [0.1, 0.15) is 25.7 Å². The van der Waals surface area contributed by atoms with Crippen molar-refractivity contribution in [3.63, 3.8) is 0 Å². The summed E-state index contributed by atoms with van der Waals surface area (Å²) in [4.78, 5) is 11.4. The molecule has 1 aliphatic carbocycles. The number of rotatable bonds is 4. The van der Waals surface area contributed by atoms with Crippen LogP contribution in [0.5, 0.6) is 0 Å². The molecule has 92 valence electrons. The summed E-state index contributed by atoms with van der Waals surface area (Å²) in [6.45, 7) is 0.391. The normalized spacial score (nSPS) is 26.9. The van der Waals surface area contributed by atoms with Gasteiger partial charge >= 0.3 is 5.97 Å². The molecule has 0 bridgehead atoms. The lowest BCUT2D eigenvalue weighted by molar-refractivity contribution is -0.144. The van der Waals surface area contributed by atoms with Crippen molar-refractivity contribution in [2.24, 2.45) is 0 Å². The smallest absolute Gasteiger partial charge is 0.324 e. The number of ether oxygens (including phenoxy) is 1. The first-order chi connectivity index (χ1) is 7.54. The number of esters is 1. The van der Waals surface area contributed by atoms with Crippen LogP contribution in [0, 0.1) is 0 Å². The van der Waals surface area contributed by atoms with Crippen molar-refractivity contribution in [1.82, 2.24) is 9.03 Å². The molecule has 0 spiro atoms. The molecule has 0 amide bonds. The molecule has 0 aromatic heterocycles. The average molecular weight is 248 g/mol. The highest BCUT2D eigenvalue weighted by molar-refractivity contribution is 7.87. The number of nitrogens with one attached hydrogen (secondary N) is 1. The molecule has 1 saturated heterocycles. The second kappa shape index (κ2) is 4.31. The quantitative estimate of drug-likeness (QED) is 0.688. The van der Waals surface area contributed by atoms with E-state index in [4.69, 9.17) is 0 Å². The first-order valence-corrected chi connectivity index (χ1v) is 6.85. The van der Waals surface area contributed by atoms with Crippen LogP contribution in [-0.4, -0.2) is 44.4 Å². The van der Waals surface area contributed by atoms with Gasteiger partial charge in [0, 0.05) is 12.6 Å². The van der Waals surface area contributed by atoms with E-state index in [-0.39, 0.29) is 6.04 Å². The summed E-state index contributed by atoms with van der Waals surface area (Å²) >= 11 is 0. The Morgan fingerprint density at radius 3 is 2.62 bits per heavy atom. The Hall–Kier alpha value is -0.660. The molecular formula is C9H16N2O4S. The van der Waals surface area contributed by atoms with Crippen molar-refractivity contribution in [3.8, 4) is 0 Å². The van der Waals surface area contributed by atoms with Gasteiger partial charge in [-0.15, -0.1) is 0 Å². The van der Waals surface area contributed by atoms with Crippen LogP contribution in [-0.2, 0) is 19.7 Å². The third kappa shape index (κ3) is 2.36. The third-order valence-corrected chi connectivity index (χ3v) is 4.56. The summed E-state index contributed by atoms with van der Waals surface area (Å²) in [6, 6.07) is -0.592. The van der Waals surface area contributed by atoms with Gasteiger partial charge in [0.25, 0.3) is 10.2 Å². The molecule has 2 fully saturated rings. The molecule has 1 heterocycles. The van der Waals surface area contributed by atoms with Crippen molar-refractivity contribution in [2.75, 3.05) is 13.7 Å². The number of carbonyl (C=O) groups is 1. The molecule has 1 saturated carbocycles. The zero-order chi connectivity index (χ0) is 11.8. The monoisotopic (exact) mass is 248 g/mol. The fraction of sp³-hybridized carbons (Fsp3) is 0.889. The van der Waals surface area contributed by atoms with E-state index in [1.807, 2.05) is 0 Å². The van der Waals surface area contributed by atoms with Crippen LogP contribution in [0.3, 0.4) is 0 Å². The highest BCUT2D eigenvalue weighted by Gasteiger charge is 2.41. The molecule has 0 radical (unpaired) electrons. The van der Waals surface area contributed by atoms with Gasteiger partial charge in [0.1, 0.15) is 6.04 Å². The number of methoxy groups -OCH3 is 1. The summed E-state index contributed by atoms with van der Waals surface area (Å²) in [5, 5.41) is 0. The molecule has 1 aliphatic heterocycles. The predicted octanol–water partition coefficient (Wildman–Crippen LogP) is -0.379. The van der Waals surface area contributed by atoms with Crippen molar-refractivity contribution < 1.29 is 17.9 Å². The van der Waals surface area contributed by atoms with Crippen molar-refractivity contribution in [1.29, 1.82) is 0 Å². The summed E-state index contributed by atoms with van der Waals surface area (Å²) in [5.41, 5.74) is 0. The van der Waals surface area contributed by atoms with Gasteiger partial charge in [-0.25, -0.2) is 0 Å². The van der Waals surface area contributed by atoms with E-state index in [9.17, 15) is 13.2 Å². The standard InChI is InChI=1S/C9H16N2O4S/c1-15-9(12)8-3-2-6-11(8)16(13,14)10-7-4-5-7/h7-8,10H,2-6H2,1H3. The molecule has 7 heteroatoms. The highest BCUT2D eigenvalue weighted by atomic mass is 32.2. The highest BCUT2D eigenvalue weighted by Crippen LogP contribution is 2.25. The first-order valence-electron chi connectivity index (χ1n) is 5.41. The van der Waals surface area contributed by atoms with Crippen LogP contribution in [0.2, 0.25) is 0 Å². The molecule has 1 unspecified atom stereocenters. The van der Waals surface area contributed by atoms with Gasteiger partial charge in [0.15, 0.2) is 0 Å². The second-order valence-electron chi connectivity index (χ2n) is 4.19. The Morgan fingerprint density at radius 2 is 2.06 bits per heavy atom. The van der Waals surface area contributed by atoms with Gasteiger partial charge < -0.3 is 4.74 Å². The van der Waals surface area contributed by atoms with Crippen molar-refractivity contribution in [3.05, 3.63) is 0 Å². The fourth-order valence-corrected chi connectivity index (χ4v) is 3.57. The first kappa shape index (κ1) is 11.8. The molecule has 2 rings (SSSR count). The van der Waals surface area contributed by atoms with E-state index in [1.54, 1.807) is 0 Å². The fourth-order valence-electron chi connectivity index (χ4n) is 1.88. The Labute approximate surface area is 95.1 Å². The van der Waals surface area contributed by atoms with E-state index in [2.05, 4.69) is 9.46 Å². The Balaban J connectivity index is 2.08. The average Bonchev–Trinajstić information content (AvgIpc) is 2.88. The summed E-state index contributed by atoms with van der Waals surface area (Å²) < 4.78 is 32.2. The minimum atomic E-state index is -3.52. The molecule has 1 N–H and O–H groups in total. The van der Waals surface area contributed by atoms with Gasteiger partial charge in [-0.05, 0) is 25.7 Å². The van der Waals surface area contributed by atoms with Crippen LogP contribution < -0.4 is 4.72 Å². The van der Waals surface area contributed by atoms with E-state index in [0.717, 1.165) is 12.8 Å². The maximum atomic E-state index is 11.9. The van der Waals surface area contributed by atoms with Gasteiger partial charge in [0.05, 0.1) is 7.11 Å². The Bertz CT molecular complexity index is 377. The summed E-state index contributed by atoms with van der Waals surface area (Å²) in [6.07, 6.45) is 3.01. The molecule has 16 heavy (non-hydrogen) atoms. The van der Waals surface area contributed by atoms with Gasteiger partial charge in [-0.3, -0.25) is 4.79 Å². The van der Waals surface area contributed by atoms with Gasteiger partial charge in [-0.1, -0.05) is 0 Å². The number of hydrogen-bond donors (Lipinski definition) is 1. The number of carbonyl (C=O) groups excluding carboxylic acids is 1. The maximum Gasteiger partial charge on any atom is 0.324 e. The summed E-state index contributed by atoms with van der Waals surface area (Å²) in [7, 11) is -2.24. The van der Waals surface area contributed by atoms with Crippen LogP contribution >= 0.6 is 0 Å². The van der Waals surface area contributed by atoms with E-state index >= 15 is 0 Å². The van der Waals surface area contributed by atoms with E-state index < -0.39 is 22.2 Å². The summed E-state index contributed by atoms with van der Waals surface area (Å²) in [5.74, 6) is -0.473. The lowest BCUT2D eigenvalue weighted by Crippen LogP contribution is -2.47. The number of nitrogens with zero attached hydrogens (tertiary/aromatic N) is 1. The second-order valence-corrected chi connectivity index (χ2v) is 5.84. The lowest BCUT2D eigenvalue weighted by Gasteiger charge is -2.22. The molecule has 6 nitrogen and oxygen atoms in total. The molecule has 0 aromatic rings. The SMILES string of the molecule is COC(=O)C1CCCN1S(=O)(=O)NC1CC1.